The minimum absolute atomic E-state index is 0.132. The number of para-hydroxylation sites is 1. The van der Waals surface area contributed by atoms with Crippen molar-refractivity contribution in [2.45, 2.75) is 19.3 Å². The Balaban J connectivity index is 1.38. The van der Waals surface area contributed by atoms with Crippen LogP contribution in [0.25, 0.3) is 83.0 Å². The van der Waals surface area contributed by atoms with Crippen molar-refractivity contribution in [1.82, 2.24) is 14.5 Å². The van der Waals surface area contributed by atoms with E-state index in [9.17, 15) is 0 Å². The first-order valence-corrected chi connectivity index (χ1v) is 15.4. The summed E-state index contributed by atoms with van der Waals surface area (Å²) in [6.07, 6.45) is 0. The van der Waals surface area contributed by atoms with Crippen LogP contribution in [-0.2, 0) is 5.41 Å². The molecule has 0 radical (unpaired) electrons. The number of hydrogen-bond acceptors (Lipinski definition) is 3. The number of rotatable bonds is 2. The lowest BCUT2D eigenvalue weighted by molar-refractivity contribution is 0.661. The number of fused-ring (bicyclic) bond motifs is 10. The topological polar surface area (TPSA) is 43.9 Å². The van der Waals surface area contributed by atoms with Gasteiger partial charge in [-0.3, -0.25) is 4.57 Å². The molecule has 0 saturated heterocycles. The second-order valence-corrected chi connectivity index (χ2v) is 12.7. The van der Waals surface area contributed by atoms with Crippen molar-refractivity contribution < 1.29 is 4.42 Å². The zero-order valence-electron chi connectivity index (χ0n) is 24.9. The Morgan fingerprint density at radius 1 is 0.578 bits per heavy atom. The summed E-state index contributed by atoms with van der Waals surface area (Å²) in [6.45, 7) is 4.66. The van der Waals surface area contributed by atoms with Gasteiger partial charge in [0.2, 0.25) is 5.95 Å². The highest BCUT2D eigenvalue weighted by atomic mass is 16.3. The molecule has 3 aromatic heterocycles. The zero-order valence-corrected chi connectivity index (χ0v) is 24.9. The molecule has 0 saturated carbocycles. The van der Waals surface area contributed by atoms with E-state index in [1.165, 1.54) is 43.8 Å². The van der Waals surface area contributed by atoms with Crippen molar-refractivity contribution in [2.75, 3.05) is 0 Å². The maximum absolute atomic E-state index is 6.43. The standard InChI is InChI=1S/C41H27N3O/c1-41(2)32-18-10-8-16-27(32)29-22-31-30-20-25-14-6-7-15-26(25)21-34(30)44(35(31)23-33(29)41)40-42-37(24-12-4-3-5-13-24)39-38(43-40)28-17-9-11-19-36(28)45-39/h3-23H,1-2H3. The van der Waals surface area contributed by atoms with Crippen molar-refractivity contribution in [3.05, 3.63) is 139 Å². The monoisotopic (exact) mass is 577 g/mol. The molecule has 9 aromatic rings. The molecule has 0 amide bonds. The average molecular weight is 578 g/mol. The minimum Gasteiger partial charge on any atom is -0.452 e. The molecule has 0 aliphatic heterocycles. The molecule has 6 aromatic carbocycles. The molecule has 0 bridgehead atoms. The van der Waals surface area contributed by atoms with Crippen LogP contribution >= 0.6 is 0 Å². The van der Waals surface area contributed by atoms with Gasteiger partial charge in [0.15, 0.2) is 5.58 Å². The minimum atomic E-state index is -0.132. The number of hydrogen-bond donors (Lipinski definition) is 0. The molecule has 1 aliphatic carbocycles. The molecule has 4 nitrogen and oxygen atoms in total. The van der Waals surface area contributed by atoms with Gasteiger partial charge in [0.1, 0.15) is 16.8 Å². The van der Waals surface area contributed by atoms with Gasteiger partial charge in [-0.2, -0.15) is 0 Å². The lowest BCUT2D eigenvalue weighted by Gasteiger charge is -2.21. The first kappa shape index (κ1) is 24.7. The maximum Gasteiger partial charge on any atom is 0.236 e. The van der Waals surface area contributed by atoms with Gasteiger partial charge >= 0.3 is 0 Å². The molecule has 10 rings (SSSR count). The van der Waals surface area contributed by atoms with Crippen LogP contribution in [0.1, 0.15) is 25.0 Å². The molecule has 1 aliphatic rings. The van der Waals surface area contributed by atoms with Crippen LogP contribution in [0.5, 0.6) is 0 Å². The van der Waals surface area contributed by atoms with E-state index < -0.39 is 0 Å². The first-order valence-electron chi connectivity index (χ1n) is 15.4. The number of nitrogens with zero attached hydrogens (tertiary/aromatic N) is 3. The SMILES string of the molecule is CC1(C)c2ccccc2-c2cc3c4cc5ccccc5cc4n(-c4nc(-c5ccccc5)c5oc6ccccc6c5n4)c3cc21. The quantitative estimate of drug-likeness (QED) is 0.205. The Labute approximate surface area is 259 Å². The molecule has 0 unspecified atom stereocenters. The van der Waals surface area contributed by atoms with Crippen LogP contribution in [0.15, 0.2) is 132 Å². The lowest BCUT2D eigenvalue weighted by Crippen LogP contribution is -2.15. The highest BCUT2D eigenvalue weighted by Crippen LogP contribution is 2.51. The smallest absolute Gasteiger partial charge is 0.236 e. The highest BCUT2D eigenvalue weighted by molar-refractivity contribution is 6.15. The highest BCUT2D eigenvalue weighted by Gasteiger charge is 2.36. The van der Waals surface area contributed by atoms with Crippen LogP contribution in [0.2, 0.25) is 0 Å². The third-order valence-corrected chi connectivity index (χ3v) is 9.79. The molecule has 0 atom stereocenters. The molecule has 4 heteroatoms. The van der Waals surface area contributed by atoms with E-state index in [0.29, 0.717) is 11.5 Å². The Morgan fingerprint density at radius 2 is 1.27 bits per heavy atom. The average Bonchev–Trinajstić information content (AvgIpc) is 3.68. The normalized spacial score (nSPS) is 13.7. The molecule has 212 valence electrons. The second-order valence-electron chi connectivity index (χ2n) is 12.7. The molecule has 0 N–H and O–H groups in total. The van der Waals surface area contributed by atoms with E-state index in [-0.39, 0.29) is 5.41 Å². The number of benzene rings is 6. The largest absolute Gasteiger partial charge is 0.452 e. The van der Waals surface area contributed by atoms with Crippen LogP contribution in [0, 0.1) is 0 Å². The number of aromatic nitrogens is 3. The Kier molecular flexibility index (Phi) is 4.76. The van der Waals surface area contributed by atoms with Crippen LogP contribution in [-0.4, -0.2) is 14.5 Å². The molecule has 45 heavy (non-hydrogen) atoms. The summed E-state index contributed by atoms with van der Waals surface area (Å²) in [5.74, 6) is 0.636. The fourth-order valence-corrected chi connectivity index (χ4v) is 7.58. The summed E-state index contributed by atoms with van der Waals surface area (Å²) in [5, 5.41) is 5.77. The van der Waals surface area contributed by atoms with Crippen LogP contribution in [0.4, 0.5) is 0 Å². The van der Waals surface area contributed by atoms with Gasteiger partial charge in [0, 0.05) is 27.1 Å². The van der Waals surface area contributed by atoms with Crippen molar-refractivity contribution in [1.29, 1.82) is 0 Å². The van der Waals surface area contributed by atoms with Gasteiger partial charge in [-0.1, -0.05) is 105 Å². The Bertz CT molecular complexity index is 2680. The summed E-state index contributed by atoms with van der Waals surface area (Å²) in [5.41, 5.74) is 11.5. The van der Waals surface area contributed by atoms with Crippen molar-refractivity contribution in [3.8, 4) is 28.3 Å². The van der Waals surface area contributed by atoms with E-state index in [1.54, 1.807) is 0 Å². The fourth-order valence-electron chi connectivity index (χ4n) is 7.58. The van der Waals surface area contributed by atoms with E-state index >= 15 is 0 Å². The van der Waals surface area contributed by atoms with Crippen LogP contribution < -0.4 is 0 Å². The van der Waals surface area contributed by atoms with Crippen molar-refractivity contribution in [2.24, 2.45) is 0 Å². The summed E-state index contributed by atoms with van der Waals surface area (Å²) >= 11 is 0. The first-order chi connectivity index (χ1) is 22.1. The summed E-state index contributed by atoms with van der Waals surface area (Å²) in [6, 6.07) is 45.2. The molecular weight excluding hydrogens is 550 g/mol. The van der Waals surface area contributed by atoms with Crippen LogP contribution in [0.3, 0.4) is 0 Å². The Morgan fingerprint density at radius 3 is 2.13 bits per heavy atom. The van der Waals surface area contributed by atoms with Gasteiger partial charge in [-0.15, -0.1) is 0 Å². The number of furan rings is 1. The molecular formula is C41H27N3O. The van der Waals surface area contributed by atoms with E-state index in [4.69, 9.17) is 14.4 Å². The second kappa shape index (κ2) is 8.67. The van der Waals surface area contributed by atoms with E-state index in [1.807, 2.05) is 36.4 Å². The van der Waals surface area contributed by atoms with E-state index in [2.05, 4.69) is 109 Å². The van der Waals surface area contributed by atoms with Gasteiger partial charge < -0.3 is 4.42 Å². The van der Waals surface area contributed by atoms with E-state index in [0.717, 1.165) is 38.8 Å². The summed E-state index contributed by atoms with van der Waals surface area (Å²) in [4.78, 5) is 10.6. The van der Waals surface area contributed by atoms with Gasteiger partial charge in [0.05, 0.1) is 11.0 Å². The fraction of sp³-hybridized carbons (Fsp3) is 0.0732. The summed E-state index contributed by atoms with van der Waals surface area (Å²) < 4.78 is 8.70. The van der Waals surface area contributed by atoms with Gasteiger partial charge in [-0.25, -0.2) is 9.97 Å². The lowest BCUT2D eigenvalue weighted by atomic mass is 9.82. The Hall–Kier alpha value is -5.74. The molecule has 3 heterocycles. The third kappa shape index (κ3) is 3.31. The predicted octanol–water partition coefficient (Wildman–Crippen LogP) is 10.6. The molecule has 0 fully saturated rings. The zero-order chi connectivity index (χ0) is 29.9. The van der Waals surface area contributed by atoms with Gasteiger partial charge in [0.25, 0.3) is 0 Å². The summed E-state index contributed by atoms with van der Waals surface area (Å²) in [7, 11) is 0. The molecule has 0 spiro atoms. The van der Waals surface area contributed by atoms with Crippen molar-refractivity contribution in [3.63, 3.8) is 0 Å². The van der Waals surface area contributed by atoms with Crippen molar-refractivity contribution >= 4 is 54.6 Å². The maximum atomic E-state index is 6.43. The third-order valence-electron chi connectivity index (χ3n) is 9.79. The predicted molar refractivity (Wildman–Crippen MR) is 184 cm³/mol. The van der Waals surface area contributed by atoms with Gasteiger partial charge in [-0.05, 0) is 69.4 Å².